The molecule has 6 nitrogen and oxygen atoms in total. The summed E-state index contributed by atoms with van der Waals surface area (Å²) in [5.41, 5.74) is 5.64. The SMILES string of the molecule is Cc1noc(C)c1Cn1cc(CN2CCC[C@H]2CO)c2cc(OCCc3ccc(Cl)cc3)ccc21. The zero-order chi connectivity index (χ0) is 24.4. The lowest BCUT2D eigenvalue weighted by Crippen LogP contribution is -2.31. The van der Waals surface area contributed by atoms with Gasteiger partial charge >= 0.3 is 0 Å². The maximum atomic E-state index is 9.82. The molecular formula is C28H32ClN3O3. The molecule has 5 rings (SSSR count). The van der Waals surface area contributed by atoms with Crippen LogP contribution in [0.1, 0.15) is 41.0 Å². The van der Waals surface area contributed by atoms with Crippen molar-refractivity contribution < 1.29 is 14.4 Å². The minimum absolute atomic E-state index is 0.205. The molecule has 1 atom stereocenters. The van der Waals surface area contributed by atoms with Gasteiger partial charge in [-0.05, 0) is 74.7 Å². The van der Waals surface area contributed by atoms with Crippen molar-refractivity contribution in [3.8, 4) is 5.75 Å². The molecule has 184 valence electrons. The quantitative estimate of drug-likeness (QED) is 0.332. The molecule has 3 heterocycles. The van der Waals surface area contributed by atoms with Crippen LogP contribution < -0.4 is 4.74 Å². The minimum atomic E-state index is 0.205. The predicted octanol–water partition coefficient (Wildman–Crippen LogP) is 5.53. The van der Waals surface area contributed by atoms with Crippen molar-refractivity contribution in [1.29, 1.82) is 0 Å². The van der Waals surface area contributed by atoms with Gasteiger partial charge in [0.05, 0.1) is 25.5 Å². The first-order valence-corrected chi connectivity index (χ1v) is 12.7. The molecule has 0 unspecified atom stereocenters. The molecule has 1 aliphatic rings. The van der Waals surface area contributed by atoms with E-state index in [0.29, 0.717) is 13.2 Å². The third-order valence-electron chi connectivity index (χ3n) is 7.10. The van der Waals surface area contributed by atoms with Crippen LogP contribution in [0.25, 0.3) is 10.9 Å². The Morgan fingerprint density at radius 3 is 2.71 bits per heavy atom. The molecule has 2 aromatic carbocycles. The second kappa shape index (κ2) is 10.4. The molecule has 0 bridgehead atoms. The highest BCUT2D eigenvalue weighted by atomic mass is 35.5. The van der Waals surface area contributed by atoms with Crippen molar-refractivity contribution >= 4 is 22.5 Å². The lowest BCUT2D eigenvalue weighted by atomic mass is 10.1. The number of aliphatic hydroxyl groups is 1. The van der Waals surface area contributed by atoms with Gasteiger partial charge in [-0.3, -0.25) is 4.90 Å². The molecule has 7 heteroatoms. The standard InChI is InChI=1S/C28H32ClN3O3/c1-19-27(20(2)35-30-19)17-32-16-22(15-31-12-3-4-24(31)18-33)26-14-25(9-10-28(26)32)34-13-11-21-5-7-23(29)8-6-21/h5-10,14,16,24,33H,3-4,11-13,15,17-18H2,1-2H3/t24-/m0/s1. The summed E-state index contributed by atoms with van der Waals surface area (Å²) in [6.45, 7) is 7.28. The first-order valence-electron chi connectivity index (χ1n) is 12.3. The van der Waals surface area contributed by atoms with E-state index in [1.807, 2.05) is 44.2 Å². The highest BCUT2D eigenvalue weighted by Crippen LogP contribution is 2.30. The summed E-state index contributed by atoms with van der Waals surface area (Å²) in [6, 6.07) is 14.5. The third-order valence-corrected chi connectivity index (χ3v) is 7.35. The molecule has 1 saturated heterocycles. The molecule has 0 radical (unpaired) electrons. The number of likely N-dealkylation sites (tertiary alicyclic amines) is 1. The van der Waals surface area contributed by atoms with Crippen LogP contribution in [0.3, 0.4) is 0 Å². The molecule has 1 aliphatic heterocycles. The molecule has 35 heavy (non-hydrogen) atoms. The first-order chi connectivity index (χ1) is 17.0. The van der Waals surface area contributed by atoms with Crippen LogP contribution in [-0.4, -0.2) is 45.5 Å². The van der Waals surface area contributed by atoms with E-state index < -0.39 is 0 Å². The average molecular weight is 494 g/mol. The Kier molecular flexibility index (Phi) is 7.14. The van der Waals surface area contributed by atoms with E-state index in [0.717, 1.165) is 65.7 Å². The second-order valence-electron chi connectivity index (χ2n) is 9.44. The number of rotatable bonds is 9. The van der Waals surface area contributed by atoms with Gasteiger partial charge in [0.25, 0.3) is 0 Å². The van der Waals surface area contributed by atoms with Crippen molar-refractivity contribution in [1.82, 2.24) is 14.6 Å². The van der Waals surface area contributed by atoms with Gasteiger partial charge in [0.2, 0.25) is 0 Å². The van der Waals surface area contributed by atoms with Gasteiger partial charge < -0.3 is 18.9 Å². The second-order valence-corrected chi connectivity index (χ2v) is 9.87. The Labute approximate surface area is 211 Å². The largest absolute Gasteiger partial charge is 0.493 e. The fourth-order valence-electron chi connectivity index (χ4n) is 5.06. The lowest BCUT2D eigenvalue weighted by Gasteiger charge is -2.22. The summed E-state index contributed by atoms with van der Waals surface area (Å²) in [7, 11) is 0. The number of ether oxygens (including phenoxy) is 1. The summed E-state index contributed by atoms with van der Waals surface area (Å²) in [4.78, 5) is 2.39. The van der Waals surface area contributed by atoms with E-state index in [9.17, 15) is 5.11 Å². The number of fused-ring (bicyclic) bond motifs is 1. The van der Waals surface area contributed by atoms with Gasteiger partial charge in [-0.2, -0.15) is 0 Å². The van der Waals surface area contributed by atoms with Crippen molar-refractivity contribution in [3.63, 3.8) is 0 Å². The van der Waals surface area contributed by atoms with Crippen LogP contribution in [0.4, 0.5) is 0 Å². The van der Waals surface area contributed by atoms with Crippen molar-refractivity contribution in [2.45, 2.75) is 52.2 Å². The number of benzene rings is 2. The van der Waals surface area contributed by atoms with Gasteiger partial charge in [-0.15, -0.1) is 0 Å². The predicted molar refractivity (Wildman–Crippen MR) is 138 cm³/mol. The highest BCUT2D eigenvalue weighted by molar-refractivity contribution is 6.30. The Bertz CT molecular complexity index is 1280. The molecule has 0 amide bonds. The van der Waals surface area contributed by atoms with Gasteiger partial charge in [0.1, 0.15) is 11.5 Å². The number of nitrogens with zero attached hydrogens (tertiary/aromatic N) is 3. The summed E-state index contributed by atoms with van der Waals surface area (Å²) in [5, 5.41) is 15.9. The molecule has 2 aromatic heterocycles. The summed E-state index contributed by atoms with van der Waals surface area (Å²) >= 11 is 6.00. The molecular weight excluding hydrogens is 462 g/mol. The maximum absolute atomic E-state index is 9.82. The zero-order valence-corrected chi connectivity index (χ0v) is 21.1. The molecule has 1 fully saturated rings. The lowest BCUT2D eigenvalue weighted by molar-refractivity contribution is 0.154. The van der Waals surface area contributed by atoms with Crippen molar-refractivity contribution in [3.05, 3.63) is 81.8 Å². The van der Waals surface area contributed by atoms with Gasteiger partial charge in [-0.25, -0.2) is 0 Å². The van der Waals surface area contributed by atoms with Crippen LogP contribution in [-0.2, 0) is 19.5 Å². The summed E-state index contributed by atoms with van der Waals surface area (Å²) in [6.07, 6.45) is 5.23. The molecule has 0 spiro atoms. The molecule has 0 aliphatic carbocycles. The van der Waals surface area contributed by atoms with Crippen LogP contribution in [0.5, 0.6) is 5.75 Å². The Hall–Kier alpha value is -2.80. The van der Waals surface area contributed by atoms with Crippen LogP contribution >= 0.6 is 11.6 Å². The Balaban J connectivity index is 1.41. The number of hydrogen-bond donors (Lipinski definition) is 1. The highest BCUT2D eigenvalue weighted by Gasteiger charge is 2.25. The minimum Gasteiger partial charge on any atom is -0.493 e. The Morgan fingerprint density at radius 1 is 1.14 bits per heavy atom. The van der Waals surface area contributed by atoms with Gasteiger partial charge in [0.15, 0.2) is 0 Å². The summed E-state index contributed by atoms with van der Waals surface area (Å²) in [5.74, 6) is 1.72. The monoisotopic (exact) mass is 493 g/mol. The topological polar surface area (TPSA) is 63.7 Å². The molecule has 0 saturated carbocycles. The Morgan fingerprint density at radius 2 is 1.97 bits per heavy atom. The third kappa shape index (κ3) is 5.25. The van der Waals surface area contributed by atoms with E-state index >= 15 is 0 Å². The smallest absolute Gasteiger partial charge is 0.138 e. The molecule has 4 aromatic rings. The number of aromatic nitrogens is 2. The molecule has 1 N–H and O–H groups in total. The van der Waals surface area contributed by atoms with E-state index in [1.165, 1.54) is 16.5 Å². The normalized spacial score (nSPS) is 16.4. The van der Waals surface area contributed by atoms with Gasteiger partial charge in [0, 0.05) is 46.7 Å². The average Bonchev–Trinajstić information content (AvgIpc) is 3.54. The number of aliphatic hydroxyl groups excluding tert-OH is 1. The number of hydrogen-bond acceptors (Lipinski definition) is 5. The van der Waals surface area contributed by atoms with Crippen LogP contribution in [0.2, 0.25) is 5.02 Å². The van der Waals surface area contributed by atoms with E-state index in [1.54, 1.807) is 0 Å². The number of aryl methyl sites for hydroxylation is 2. The van der Waals surface area contributed by atoms with Crippen LogP contribution in [0.15, 0.2) is 53.2 Å². The van der Waals surface area contributed by atoms with Gasteiger partial charge in [-0.1, -0.05) is 28.9 Å². The zero-order valence-electron chi connectivity index (χ0n) is 20.3. The maximum Gasteiger partial charge on any atom is 0.138 e. The fraction of sp³-hybridized carbons (Fsp3) is 0.393. The van der Waals surface area contributed by atoms with E-state index in [2.05, 4.69) is 33.0 Å². The fourth-order valence-corrected chi connectivity index (χ4v) is 5.19. The van der Waals surface area contributed by atoms with Crippen molar-refractivity contribution in [2.75, 3.05) is 19.8 Å². The van der Waals surface area contributed by atoms with Crippen LogP contribution in [0, 0.1) is 13.8 Å². The first kappa shape index (κ1) is 23.9. The number of halogens is 1. The van der Waals surface area contributed by atoms with E-state index in [-0.39, 0.29) is 12.6 Å². The van der Waals surface area contributed by atoms with Crippen molar-refractivity contribution in [2.24, 2.45) is 0 Å². The summed E-state index contributed by atoms with van der Waals surface area (Å²) < 4.78 is 13.8. The van der Waals surface area contributed by atoms with E-state index in [4.69, 9.17) is 20.9 Å².